The number of nitrogens with one attached hydrogen (secondary N) is 1. The number of amides is 1. The molecule has 0 unspecified atom stereocenters. The van der Waals surface area contributed by atoms with E-state index in [0.29, 0.717) is 23.5 Å². The normalized spacial score (nSPS) is 10.7. The maximum Gasteiger partial charge on any atom is 0.259 e. The SMILES string of the molecule is CCc1c(C(=O)Nc2cccc(-n3cccn3)c2)cnn1-c1ccccn1. The van der Waals surface area contributed by atoms with Crippen LogP contribution in [0, 0.1) is 0 Å². The number of carbonyl (C=O) groups is 1. The van der Waals surface area contributed by atoms with E-state index in [9.17, 15) is 4.79 Å². The van der Waals surface area contributed by atoms with E-state index in [-0.39, 0.29) is 5.91 Å². The van der Waals surface area contributed by atoms with Crippen LogP contribution in [-0.2, 0) is 6.42 Å². The third-order valence-electron chi connectivity index (χ3n) is 4.19. The standard InChI is InChI=1S/C20H18N6O/c1-2-18-17(14-23-26(18)19-9-3-4-10-21-19)20(27)24-15-7-5-8-16(13-15)25-12-6-11-22-25/h3-14H,2H2,1H3,(H,24,27). The van der Waals surface area contributed by atoms with Gasteiger partial charge in [-0.3, -0.25) is 4.79 Å². The first-order valence-electron chi connectivity index (χ1n) is 8.66. The molecule has 0 saturated carbocycles. The van der Waals surface area contributed by atoms with Crippen molar-refractivity contribution in [2.75, 3.05) is 5.32 Å². The van der Waals surface area contributed by atoms with Gasteiger partial charge < -0.3 is 5.32 Å². The molecular weight excluding hydrogens is 340 g/mol. The number of carbonyl (C=O) groups excluding carboxylic acids is 1. The summed E-state index contributed by atoms with van der Waals surface area (Å²) in [5.74, 6) is 0.487. The molecule has 0 saturated heterocycles. The van der Waals surface area contributed by atoms with Gasteiger partial charge in [0.1, 0.15) is 0 Å². The van der Waals surface area contributed by atoms with Crippen molar-refractivity contribution in [2.45, 2.75) is 13.3 Å². The smallest absolute Gasteiger partial charge is 0.259 e. The summed E-state index contributed by atoms with van der Waals surface area (Å²) in [4.78, 5) is 17.1. The molecule has 4 rings (SSSR count). The molecule has 3 heterocycles. The van der Waals surface area contributed by atoms with Gasteiger partial charge in [0, 0.05) is 24.3 Å². The monoisotopic (exact) mass is 358 g/mol. The highest BCUT2D eigenvalue weighted by Crippen LogP contribution is 2.18. The molecule has 7 nitrogen and oxygen atoms in total. The van der Waals surface area contributed by atoms with E-state index in [0.717, 1.165) is 11.4 Å². The number of aromatic nitrogens is 5. The topological polar surface area (TPSA) is 77.6 Å². The Kier molecular flexibility index (Phi) is 4.49. The molecule has 4 aromatic rings. The van der Waals surface area contributed by atoms with E-state index >= 15 is 0 Å². The highest BCUT2D eigenvalue weighted by Gasteiger charge is 2.18. The van der Waals surface area contributed by atoms with Gasteiger partial charge in [0.25, 0.3) is 5.91 Å². The van der Waals surface area contributed by atoms with E-state index in [4.69, 9.17) is 0 Å². The summed E-state index contributed by atoms with van der Waals surface area (Å²) in [6.45, 7) is 1.99. The summed E-state index contributed by atoms with van der Waals surface area (Å²) in [5.41, 5.74) is 2.92. The van der Waals surface area contributed by atoms with Crippen molar-refractivity contribution < 1.29 is 4.79 Å². The number of rotatable bonds is 5. The first-order valence-corrected chi connectivity index (χ1v) is 8.66. The van der Waals surface area contributed by atoms with Crippen LogP contribution in [-0.4, -0.2) is 30.5 Å². The van der Waals surface area contributed by atoms with Crippen molar-refractivity contribution >= 4 is 11.6 Å². The molecule has 0 bridgehead atoms. The Bertz CT molecular complexity index is 1050. The van der Waals surface area contributed by atoms with E-state index < -0.39 is 0 Å². The average molecular weight is 358 g/mol. The van der Waals surface area contributed by atoms with Gasteiger partial charge in [0.05, 0.1) is 23.1 Å². The Morgan fingerprint density at radius 1 is 1.07 bits per heavy atom. The first kappa shape index (κ1) is 16.7. The molecule has 0 aliphatic heterocycles. The van der Waals surface area contributed by atoms with Gasteiger partial charge in [-0.25, -0.2) is 14.3 Å². The minimum Gasteiger partial charge on any atom is -0.322 e. The second-order valence-electron chi connectivity index (χ2n) is 5.91. The summed E-state index contributed by atoms with van der Waals surface area (Å²) in [5, 5.41) is 11.5. The molecule has 0 spiro atoms. The van der Waals surface area contributed by atoms with Crippen LogP contribution < -0.4 is 5.32 Å². The number of nitrogens with zero attached hydrogens (tertiary/aromatic N) is 5. The summed E-state index contributed by atoms with van der Waals surface area (Å²) in [7, 11) is 0. The summed E-state index contributed by atoms with van der Waals surface area (Å²) >= 11 is 0. The Balaban J connectivity index is 1.61. The average Bonchev–Trinajstić information content (AvgIpc) is 3.38. The van der Waals surface area contributed by atoms with Crippen molar-refractivity contribution in [3.63, 3.8) is 0 Å². The summed E-state index contributed by atoms with van der Waals surface area (Å²) < 4.78 is 3.45. The molecule has 1 aromatic carbocycles. The zero-order chi connectivity index (χ0) is 18.6. The predicted molar refractivity (Wildman–Crippen MR) is 102 cm³/mol. The lowest BCUT2D eigenvalue weighted by molar-refractivity contribution is 0.102. The van der Waals surface area contributed by atoms with Gasteiger partial charge in [0.2, 0.25) is 0 Å². The highest BCUT2D eigenvalue weighted by molar-refractivity contribution is 6.05. The van der Waals surface area contributed by atoms with Gasteiger partial charge in [-0.15, -0.1) is 0 Å². The number of hydrogen-bond donors (Lipinski definition) is 1. The van der Waals surface area contributed by atoms with Crippen molar-refractivity contribution in [1.82, 2.24) is 24.5 Å². The fourth-order valence-electron chi connectivity index (χ4n) is 2.93. The van der Waals surface area contributed by atoms with Crippen molar-refractivity contribution in [2.24, 2.45) is 0 Å². The van der Waals surface area contributed by atoms with Gasteiger partial charge in [-0.1, -0.05) is 19.1 Å². The highest BCUT2D eigenvalue weighted by atomic mass is 16.1. The molecule has 134 valence electrons. The first-order chi connectivity index (χ1) is 13.3. The van der Waals surface area contributed by atoms with Crippen LogP contribution >= 0.6 is 0 Å². The molecule has 7 heteroatoms. The Hall–Kier alpha value is -3.74. The maximum absolute atomic E-state index is 12.8. The van der Waals surface area contributed by atoms with E-state index in [1.54, 1.807) is 28.0 Å². The van der Waals surface area contributed by atoms with Gasteiger partial charge in [-0.05, 0) is 42.8 Å². The second kappa shape index (κ2) is 7.25. The van der Waals surface area contributed by atoms with Gasteiger partial charge in [0.15, 0.2) is 5.82 Å². The van der Waals surface area contributed by atoms with Crippen LogP contribution in [0.4, 0.5) is 5.69 Å². The number of pyridine rings is 1. The molecular formula is C20H18N6O. The fourth-order valence-corrected chi connectivity index (χ4v) is 2.93. The van der Waals surface area contributed by atoms with Crippen LogP contribution in [0.15, 0.2) is 73.3 Å². The largest absolute Gasteiger partial charge is 0.322 e. The molecule has 0 aliphatic carbocycles. The van der Waals surface area contributed by atoms with Crippen LogP contribution in [0.2, 0.25) is 0 Å². The minimum atomic E-state index is -0.202. The molecule has 0 fully saturated rings. The lowest BCUT2D eigenvalue weighted by Gasteiger charge is -2.09. The Morgan fingerprint density at radius 2 is 2.00 bits per heavy atom. The molecule has 3 aromatic heterocycles. The van der Waals surface area contributed by atoms with Gasteiger partial charge in [-0.2, -0.15) is 10.2 Å². The Morgan fingerprint density at radius 3 is 2.74 bits per heavy atom. The summed E-state index contributed by atoms with van der Waals surface area (Å²) in [6, 6.07) is 15.0. The van der Waals surface area contributed by atoms with E-state index in [1.165, 1.54) is 0 Å². The molecule has 0 atom stereocenters. The third kappa shape index (κ3) is 3.35. The molecule has 1 N–H and O–H groups in total. The van der Waals surface area contributed by atoms with E-state index in [2.05, 4.69) is 20.5 Å². The minimum absolute atomic E-state index is 0.202. The quantitative estimate of drug-likeness (QED) is 0.594. The van der Waals surface area contributed by atoms with Crippen LogP contribution in [0.1, 0.15) is 23.0 Å². The lowest BCUT2D eigenvalue weighted by Crippen LogP contribution is -2.14. The maximum atomic E-state index is 12.8. The summed E-state index contributed by atoms with van der Waals surface area (Å²) in [6.07, 6.45) is 7.52. The van der Waals surface area contributed by atoms with Crippen LogP contribution in [0.3, 0.4) is 0 Å². The number of benzene rings is 1. The Labute approximate surface area is 156 Å². The van der Waals surface area contributed by atoms with E-state index in [1.807, 2.05) is 61.7 Å². The second-order valence-corrected chi connectivity index (χ2v) is 5.91. The zero-order valence-corrected chi connectivity index (χ0v) is 14.8. The number of hydrogen-bond acceptors (Lipinski definition) is 4. The van der Waals surface area contributed by atoms with Crippen LogP contribution in [0.5, 0.6) is 0 Å². The van der Waals surface area contributed by atoms with Gasteiger partial charge >= 0.3 is 0 Å². The van der Waals surface area contributed by atoms with Crippen LogP contribution in [0.25, 0.3) is 11.5 Å². The molecule has 1 amide bonds. The van der Waals surface area contributed by atoms with Crippen molar-refractivity contribution in [1.29, 1.82) is 0 Å². The predicted octanol–water partition coefficient (Wildman–Crippen LogP) is 3.27. The fraction of sp³-hybridized carbons (Fsp3) is 0.100. The third-order valence-corrected chi connectivity index (χ3v) is 4.19. The molecule has 27 heavy (non-hydrogen) atoms. The van der Waals surface area contributed by atoms with Crippen molar-refractivity contribution in [3.05, 3.63) is 84.6 Å². The van der Waals surface area contributed by atoms with Crippen molar-refractivity contribution in [3.8, 4) is 11.5 Å². The lowest BCUT2D eigenvalue weighted by atomic mass is 10.2. The number of anilines is 1. The zero-order valence-electron chi connectivity index (χ0n) is 14.8. The molecule has 0 aliphatic rings. The molecule has 0 radical (unpaired) electrons.